The topological polar surface area (TPSA) is 98.2 Å². The fourth-order valence-corrected chi connectivity index (χ4v) is 2.91. The van der Waals surface area contributed by atoms with E-state index >= 15 is 0 Å². The van der Waals surface area contributed by atoms with Crippen molar-refractivity contribution in [2.45, 2.75) is 11.4 Å². The third-order valence-corrected chi connectivity index (χ3v) is 4.36. The summed E-state index contributed by atoms with van der Waals surface area (Å²) in [6.07, 6.45) is 0. The Kier molecular flexibility index (Phi) is 4.32. The van der Waals surface area contributed by atoms with Crippen LogP contribution in [0.2, 0.25) is 0 Å². The maximum absolute atomic E-state index is 11.2. The molecule has 5 N–H and O–H groups in total. The number of halogens is 1. The van der Waals surface area contributed by atoms with Crippen LogP contribution in [0.4, 0.5) is 11.4 Å². The van der Waals surface area contributed by atoms with Gasteiger partial charge in [-0.25, -0.2) is 13.6 Å². The highest BCUT2D eigenvalue weighted by Gasteiger charge is 2.10. The molecule has 0 unspecified atom stereocenters. The zero-order chi connectivity index (χ0) is 14.8. The third kappa shape index (κ3) is 3.50. The fourth-order valence-electron chi connectivity index (χ4n) is 1.70. The van der Waals surface area contributed by atoms with Gasteiger partial charge in [0.2, 0.25) is 10.0 Å². The van der Waals surface area contributed by atoms with Crippen molar-refractivity contribution < 1.29 is 8.42 Å². The van der Waals surface area contributed by atoms with Gasteiger partial charge < -0.3 is 11.1 Å². The standard InChI is InChI=1S/C13H14BrN3O2S/c14-11-7-10(20(16,18)19)5-6-13(11)17-8-9-3-1-2-4-12(9)15/h1-7,17H,8,15H2,(H2,16,18,19). The van der Waals surface area contributed by atoms with Gasteiger partial charge in [0.05, 0.1) is 4.90 Å². The average molecular weight is 356 g/mol. The van der Waals surface area contributed by atoms with E-state index in [-0.39, 0.29) is 4.90 Å². The van der Waals surface area contributed by atoms with Crippen LogP contribution >= 0.6 is 15.9 Å². The molecule has 5 nitrogen and oxygen atoms in total. The van der Waals surface area contributed by atoms with Crippen molar-refractivity contribution in [3.05, 3.63) is 52.5 Å². The number of sulfonamides is 1. The van der Waals surface area contributed by atoms with E-state index in [0.717, 1.165) is 11.3 Å². The maximum atomic E-state index is 11.2. The summed E-state index contributed by atoms with van der Waals surface area (Å²) in [5, 5.41) is 8.26. The van der Waals surface area contributed by atoms with Gasteiger partial charge in [-0.3, -0.25) is 0 Å². The zero-order valence-corrected chi connectivity index (χ0v) is 12.9. The summed E-state index contributed by atoms with van der Waals surface area (Å²) in [4.78, 5) is 0.0640. The molecule has 0 aliphatic carbocycles. The molecule has 0 fully saturated rings. The molecule has 0 bridgehead atoms. The first-order valence-electron chi connectivity index (χ1n) is 5.77. The zero-order valence-electron chi connectivity index (χ0n) is 10.5. The molecule has 7 heteroatoms. The second-order valence-electron chi connectivity index (χ2n) is 4.24. The van der Waals surface area contributed by atoms with Crippen LogP contribution in [0, 0.1) is 0 Å². The Morgan fingerprint density at radius 1 is 1.15 bits per heavy atom. The van der Waals surface area contributed by atoms with Crippen molar-refractivity contribution in [1.82, 2.24) is 0 Å². The third-order valence-electron chi connectivity index (χ3n) is 2.79. The highest BCUT2D eigenvalue weighted by Crippen LogP contribution is 2.26. The SMILES string of the molecule is Nc1ccccc1CNc1ccc(S(N)(=O)=O)cc1Br. The van der Waals surface area contributed by atoms with Gasteiger partial charge in [-0.05, 0) is 45.8 Å². The van der Waals surface area contributed by atoms with E-state index in [4.69, 9.17) is 10.9 Å². The number of hydrogen-bond donors (Lipinski definition) is 3. The first-order chi connectivity index (χ1) is 9.38. The smallest absolute Gasteiger partial charge is 0.238 e. The number of nitrogen functional groups attached to an aromatic ring is 1. The number of primary sulfonamides is 1. The summed E-state index contributed by atoms with van der Waals surface area (Å²) in [7, 11) is -3.69. The largest absolute Gasteiger partial charge is 0.398 e. The van der Waals surface area contributed by atoms with Gasteiger partial charge in [0.25, 0.3) is 0 Å². The maximum Gasteiger partial charge on any atom is 0.238 e. The van der Waals surface area contributed by atoms with Gasteiger partial charge in [-0.2, -0.15) is 0 Å². The van der Waals surface area contributed by atoms with Crippen LogP contribution in [0.5, 0.6) is 0 Å². The van der Waals surface area contributed by atoms with Crippen molar-refractivity contribution >= 4 is 37.3 Å². The molecular weight excluding hydrogens is 342 g/mol. The quantitative estimate of drug-likeness (QED) is 0.732. The van der Waals surface area contributed by atoms with Crippen molar-refractivity contribution in [2.75, 3.05) is 11.1 Å². The van der Waals surface area contributed by atoms with Crippen molar-refractivity contribution in [3.8, 4) is 0 Å². The summed E-state index contributed by atoms with van der Waals surface area (Å²) < 4.78 is 23.1. The van der Waals surface area contributed by atoms with Gasteiger partial charge in [-0.15, -0.1) is 0 Å². The minimum Gasteiger partial charge on any atom is -0.398 e. The Hall–Kier alpha value is -1.57. The van der Waals surface area contributed by atoms with E-state index < -0.39 is 10.0 Å². The molecule has 0 aliphatic heterocycles. The van der Waals surface area contributed by atoms with Crippen molar-refractivity contribution in [1.29, 1.82) is 0 Å². The number of anilines is 2. The lowest BCUT2D eigenvalue weighted by Gasteiger charge is -2.11. The highest BCUT2D eigenvalue weighted by molar-refractivity contribution is 9.10. The molecule has 0 heterocycles. The van der Waals surface area contributed by atoms with Gasteiger partial charge in [0, 0.05) is 22.4 Å². The Morgan fingerprint density at radius 3 is 2.45 bits per heavy atom. The number of nitrogens with two attached hydrogens (primary N) is 2. The molecule has 20 heavy (non-hydrogen) atoms. The van der Waals surface area contributed by atoms with Gasteiger partial charge >= 0.3 is 0 Å². The van der Waals surface area contributed by atoms with E-state index in [2.05, 4.69) is 21.2 Å². The summed E-state index contributed by atoms with van der Waals surface area (Å²) in [5.74, 6) is 0. The number of benzene rings is 2. The second-order valence-corrected chi connectivity index (χ2v) is 6.65. The predicted octanol–water partition coefficient (Wildman–Crippen LogP) is 2.29. The average Bonchev–Trinajstić information content (AvgIpc) is 2.38. The molecule has 2 aromatic carbocycles. The Labute approximate surface area is 126 Å². The van der Waals surface area contributed by atoms with Crippen LogP contribution < -0.4 is 16.2 Å². The van der Waals surface area contributed by atoms with E-state index in [1.165, 1.54) is 12.1 Å². The molecule has 0 saturated carbocycles. The predicted molar refractivity (Wildman–Crippen MR) is 83.7 cm³/mol. The summed E-state index contributed by atoms with van der Waals surface area (Å²) in [5.41, 5.74) is 8.29. The lowest BCUT2D eigenvalue weighted by atomic mass is 10.2. The molecule has 0 amide bonds. The number of rotatable bonds is 4. The summed E-state index contributed by atoms with van der Waals surface area (Å²) in [6, 6.07) is 12.1. The molecular formula is C13H14BrN3O2S. The molecule has 2 aromatic rings. The van der Waals surface area contributed by atoms with Crippen molar-refractivity contribution in [3.63, 3.8) is 0 Å². The van der Waals surface area contributed by atoms with Crippen LogP contribution in [0.15, 0.2) is 51.8 Å². The molecule has 106 valence electrons. The highest BCUT2D eigenvalue weighted by atomic mass is 79.9. The van der Waals surface area contributed by atoms with Crippen LogP contribution in [-0.2, 0) is 16.6 Å². The minimum atomic E-state index is -3.69. The Balaban J connectivity index is 2.17. The van der Waals surface area contributed by atoms with Gasteiger partial charge in [-0.1, -0.05) is 18.2 Å². The van der Waals surface area contributed by atoms with Crippen LogP contribution in [0.3, 0.4) is 0 Å². The lowest BCUT2D eigenvalue weighted by Crippen LogP contribution is -2.12. The van der Waals surface area contributed by atoms with E-state index in [1.54, 1.807) is 6.07 Å². The number of para-hydroxylation sites is 1. The first kappa shape index (κ1) is 14.8. The van der Waals surface area contributed by atoms with Crippen LogP contribution in [0.1, 0.15) is 5.56 Å². The lowest BCUT2D eigenvalue weighted by molar-refractivity contribution is 0.598. The molecule has 2 rings (SSSR count). The summed E-state index contributed by atoms with van der Waals surface area (Å²) >= 11 is 3.32. The van der Waals surface area contributed by atoms with Crippen molar-refractivity contribution in [2.24, 2.45) is 5.14 Å². The minimum absolute atomic E-state index is 0.0640. The van der Waals surface area contributed by atoms with Crippen LogP contribution in [-0.4, -0.2) is 8.42 Å². The van der Waals surface area contributed by atoms with Gasteiger partial charge in [0.1, 0.15) is 0 Å². The van der Waals surface area contributed by atoms with Crippen LogP contribution in [0.25, 0.3) is 0 Å². The molecule has 0 atom stereocenters. The molecule has 0 aromatic heterocycles. The van der Waals surface area contributed by atoms with Gasteiger partial charge in [0.15, 0.2) is 0 Å². The Morgan fingerprint density at radius 2 is 1.85 bits per heavy atom. The van der Waals surface area contributed by atoms with E-state index in [1.807, 2.05) is 24.3 Å². The molecule has 0 saturated heterocycles. The summed E-state index contributed by atoms with van der Waals surface area (Å²) in [6.45, 7) is 0.542. The van der Waals surface area contributed by atoms with E-state index in [9.17, 15) is 8.42 Å². The fraction of sp³-hybridized carbons (Fsp3) is 0.0769. The van der Waals surface area contributed by atoms with E-state index in [0.29, 0.717) is 16.7 Å². The normalized spacial score (nSPS) is 11.3. The Bertz CT molecular complexity index is 732. The second kappa shape index (κ2) is 5.82. The molecule has 0 radical (unpaired) electrons. The number of nitrogens with one attached hydrogen (secondary N) is 1. The monoisotopic (exact) mass is 355 g/mol. The first-order valence-corrected chi connectivity index (χ1v) is 8.11. The molecule has 0 spiro atoms. The number of hydrogen-bond acceptors (Lipinski definition) is 4. The molecule has 0 aliphatic rings.